The van der Waals surface area contributed by atoms with Crippen LogP contribution in [0.25, 0.3) is 0 Å². The average molecular weight is 135 g/mol. The summed E-state index contributed by atoms with van der Waals surface area (Å²) in [5, 5.41) is 8.41. The zero-order chi connectivity index (χ0) is 7.40. The lowest BCUT2D eigenvalue weighted by Crippen LogP contribution is -2.06. The van der Waals surface area contributed by atoms with Gasteiger partial charge in [0.2, 0.25) is 0 Å². The SMILES string of the molecule is C=C1CCC(CC#N)CC1. The van der Waals surface area contributed by atoms with Crippen LogP contribution in [0.4, 0.5) is 0 Å². The molecule has 0 spiro atoms. The Morgan fingerprint density at radius 3 is 2.60 bits per heavy atom. The third-order valence-electron chi connectivity index (χ3n) is 2.19. The van der Waals surface area contributed by atoms with Crippen molar-refractivity contribution in [2.45, 2.75) is 32.1 Å². The molecular formula is C9H13N. The van der Waals surface area contributed by atoms with Crippen molar-refractivity contribution in [2.24, 2.45) is 5.92 Å². The van der Waals surface area contributed by atoms with Gasteiger partial charge in [-0.25, -0.2) is 0 Å². The van der Waals surface area contributed by atoms with Gasteiger partial charge in [0.05, 0.1) is 6.07 Å². The molecule has 0 N–H and O–H groups in total. The van der Waals surface area contributed by atoms with Crippen molar-refractivity contribution in [1.29, 1.82) is 5.26 Å². The van der Waals surface area contributed by atoms with Gasteiger partial charge in [-0.15, -0.1) is 0 Å². The number of hydrogen-bond acceptors (Lipinski definition) is 1. The summed E-state index contributed by atoms with van der Waals surface area (Å²) >= 11 is 0. The molecule has 0 radical (unpaired) electrons. The maximum Gasteiger partial charge on any atom is 0.0624 e. The van der Waals surface area contributed by atoms with Gasteiger partial charge in [-0.1, -0.05) is 12.2 Å². The summed E-state index contributed by atoms with van der Waals surface area (Å²) in [7, 11) is 0. The lowest BCUT2D eigenvalue weighted by atomic mass is 9.85. The van der Waals surface area contributed by atoms with Gasteiger partial charge >= 0.3 is 0 Å². The fraction of sp³-hybridized carbons (Fsp3) is 0.667. The van der Waals surface area contributed by atoms with Crippen LogP contribution >= 0.6 is 0 Å². The second-order valence-electron chi connectivity index (χ2n) is 3.06. The molecule has 1 nitrogen and oxygen atoms in total. The molecule has 1 heteroatoms. The first kappa shape index (κ1) is 7.34. The third-order valence-corrected chi connectivity index (χ3v) is 2.19. The van der Waals surface area contributed by atoms with E-state index in [0.29, 0.717) is 5.92 Å². The second kappa shape index (κ2) is 3.41. The molecule has 0 aromatic carbocycles. The number of nitrogens with zero attached hydrogens (tertiary/aromatic N) is 1. The van der Waals surface area contributed by atoms with E-state index in [0.717, 1.165) is 19.3 Å². The van der Waals surface area contributed by atoms with Crippen LogP contribution in [0.2, 0.25) is 0 Å². The molecule has 10 heavy (non-hydrogen) atoms. The van der Waals surface area contributed by atoms with Crippen molar-refractivity contribution >= 4 is 0 Å². The van der Waals surface area contributed by atoms with Crippen LogP contribution in [-0.2, 0) is 0 Å². The Balaban J connectivity index is 2.27. The second-order valence-corrected chi connectivity index (χ2v) is 3.06. The monoisotopic (exact) mass is 135 g/mol. The van der Waals surface area contributed by atoms with Gasteiger partial charge in [0.1, 0.15) is 0 Å². The standard InChI is InChI=1S/C9H13N/c1-8-2-4-9(5-3-8)6-7-10/h9H,1-6H2. The molecule has 0 saturated heterocycles. The summed E-state index contributed by atoms with van der Waals surface area (Å²) < 4.78 is 0. The molecular weight excluding hydrogens is 122 g/mol. The van der Waals surface area contributed by atoms with E-state index in [9.17, 15) is 0 Å². The number of allylic oxidation sites excluding steroid dienone is 1. The number of hydrogen-bond donors (Lipinski definition) is 0. The molecule has 0 unspecified atom stereocenters. The minimum Gasteiger partial charge on any atom is -0.198 e. The summed E-state index contributed by atoms with van der Waals surface area (Å²) in [6.45, 7) is 3.93. The summed E-state index contributed by atoms with van der Waals surface area (Å²) in [5.41, 5.74) is 1.37. The Labute approximate surface area is 62.4 Å². The molecule has 1 aliphatic carbocycles. The van der Waals surface area contributed by atoms with Crippen molar-refractivity contribution in [3.05, 3.63) is 12.2 Å². The average Bonchev–Trinajstić information content (AvgIpc) is 1.95. The minimum atomic E-state index is 0.662. The molecule has 0 aromatic rings. The Morgan fingerprint density at radius 1 is 1.50 bits per heavy atom. The predicted octanol–water partition coefficient (Wildman–Crippen LogP) is 2.65. The zero-order valence-electron chi connectivity index (χ0n) is 6.27. The van der Waals surface area contributed by atoms with Crippen LogP contribution in [0.3, 0.4) is 0 Å². The van der Waals surface area contributed by atoms with Crippen LogP contribution in [0.15, 0.2) is 12.2 Å². The summed E-state index contributed by atoms with van der Waals surface area (Å²) in [6.07, 6.45) is 5.41. The molecule has 1 saturated carbocycles. The highest BCUT2D eigenvalue weighted by atomic mass is 14.3. The first-order valence-corrected chi connectivity index (χ1v) is 3.86. The Bertz CT molecular complexity index is 154. The molecule has 1 aliphatic rings. The molecule has 1 rings (SSSR count). The van der Waals surface area contributed by atoms with Crippen LogP contribution in [-0.4, -0.2) is 0 Å². The van der Waals surface area contributed by atoms with E-state index >= 15 is 0 Å². The lowest BCUT2D eigenvalue weighted by molar-refractivity contribution is 0.417. The summed E-state index contributed by atoms with van der Waals surface area (Å²) in [4.78, 5) is 0. The number of nitriles is 1. The molecule has 54 valence electrons. The first-order valence-electron chi connectivity index (χ1n) is 3.86. The quantitative estimate of drug-likeness (QED) is 0.507. The fourth-order valence-electron chi connectivity index (χ4n) is 1.42. The predicted molar refractivity (Wildman–Crippen MR) is 41.3 cm³/mol. The van der Waals surface area contributed by atoms with E-state index in [1.54, 1.807) is 0 Å². The maximum atomic E-state index is 8.41. The molecule has 0 aromatic heterocycles. The van der Waals surface area contributed by atoms with E-state index in [1.807, 2.05) is 0 Å². The largest absolute Gasteiger partial charge is 0.198 e. The van der Waals surface area contributed by atoms with E-state index in [-0.39, 0.29) is 0 Å². The zero-order valence-corrected chi connectivity index (χ0v) is 6.27. The van der Waals surface area contributed by atoms with Crippen molar-refractivity contribution < 1.29 is 0 Å². The maximum absolute atomic E-state index is 8.41. The Hall–Kier alpha value is -0.770. The minimum absolute atomic E-state index is 0.662. The van der Waals surface area contributed by atoms with Crippen molar-refractivity contribution in [3.63, 3.8) is 0 Å². The number of rotatable bonds is 1. The highest BCUT2D eigenvalue weighted by Crippen LogP contribution is 2.28. The van der Waals surface area contributed by atoms with Crippen molar-refractivity contribution in [3.8, 4) is 6.07 Å². The molecule has 0 heterocycles. The molecule has 0 bridgehead atoms. The van der Waals surface area contributed by atoms with Crippen LogP contribution < -0.4 is 0 Å². The third kappa shape index (κ3) is 1.88. The van der Waals surface area contributed by atoms with Gasteiger partial charge in [-0.3, -0.25) is 0 Å². The van der Waals surface area contributed by atoms with E-state index in [4.69, 9.17) is 5.26 Å². The molecule has 1 fully saturated rings. The van der Waals surface area contributed by atoms with Gasteiger partial charge in [-0.05, 0) is 31.6 Å². The first-order chi connectivity index (χ1) is 4.83. The fourth-order valence-corrected chi connectivity index (χ4v) is 1.42. The van der Waals surface area contributed by atoms with E-state index < -0.39 is 0 Å². The highest BCUT2D eigenvalue weighted by Gasteiger charge is 2.14. The smallest absolute Gasteiger partial charge is 0.0624 e. The Morgan fingerprint density at radius 2 is 2.10 bits per heavy atom. The van der Waals surface area contributed by atoms with E-state index in [1.165, 1.54) is 18.4 Å². The summed E-state index contributed by atoms with van der Waals surface area (Å²) in [6, 6.07) is 2.22. The van der Waals surface area contributed by atoms with Gasteiger partial charge < -0.3 is 0 Å². The molecule has 0 aliphatic heterocycles. The van der Waals surface area contributed by atoms with Crippen molar-refractivity contribution in [2.75, 3.05) is 0 Å². The van der Waals surface area contributed by atoms with Crippen LogP contribution in [0, 0.1) is 17.2 Å². The van der Waals surface area contributed by atoms with Crippen LogP contribution in [0.1, 0.15) is 32.1 Å². The van der Waals surface area contributed by atoms with Crippen molar-refractivity contribution in [1.82, 2.24) is 0 Å². The topological polar surface area (TPSA) is 23.8 Å². The van der Waals surface area contributed by atoms with Crippen LogP contribution in [0.5, 0.6) is 0 Å². The molecule has 0 atom stereocenters. The van der Waals surface area contributed by atoms with E-state index in [2.05, 4.69) is 12.6 Å². The molecule has 0 amide bonds. The van der Waals surface area contributed by atoms with Gasteiger partial charge in [0.15, 0.2) is 0 Å². The van der Waals surface area contributed by atoms with Gasteiger partial charge in [-0.2, -0.15) is 5.26 Å². The Kier molecular flexibility index (Phi) is 2.50. The summed E-state index contributed by atoms with van der Waals surface area (Å²) in [5.74, 6) is 0.662. The van der Waals surface area contributed by atoms with Gasteiger partial charge in [0, 0.05) is 6.42 Å². The highest BCUT2D eigenvalue weighted by molar-refractivity contribution is 4.99. The van der Waals surface area contributed by atoms with Gasteiger partial charge in [0.25, 0.3) is 0 Å². The normalized spacial score (nSPS) is 20.5. The lowest BCUT2D eigenvalue weighted by Gasteiger charge is -2.20.